The first-order valence-corrected chi connectivity index (χ1v) is 5.17. The van der Waals surface area contributed by atoms with Gasteiger partial charge in [-0.2, -0.15) is 0 Å². The van der Waals surface area contributed by atoms with E-state index in [-0.39, 0.29) is 11.7 Å². The van der Waals surface area contributed by atoms with Gasteiger partial charge in [0.15, 0.2) is 0 Å². The highest BCUT2D eigenvalue weighted by Gasteiger charge is 2.15. The number of rotatable bonds is 4. The first-order chi connectivity index (χ1) is 7.54. The minimum absolute atomic E-state index is 0.274. The van der Waals surface area contributed by atoms with Crippen LogP contribution in [0, 0.1) is 0 Å². The van der Waals surface area contributed by atoms with Crippen LogP contribution in [-0.2, 0) is 9.47 Å². The number of methoxy groups -OCH3 is 1. The van der Waals surface area contributed by atoms with Crippen LogP contribution in [0.2, 0.25) is 5.02 Å². The van der Waals surface area contributed by atoms with Crippen molar-refractivity contribution in [3.63, 3.8) is 0 Å². The molecule has 0 aromatic heterocycles. The Labute approximate surface area is 99.3 Å². The summed E-state index contributed by atoms with van der Waals surface area (Å²) in [6.07, 6.45) is -0.323. The van der Waals surface area contributed by atoms with Gasteiger partial charge in [0.05, 0.1) is 12.2 Å². The Morgan fingerprint density at radius 2 is 2.25 bits per heavy atom. The number of esters is 1. The molecule has 16 heavy (non-hydrogen) atoms. The van der Waals surface area contributed by atoms with Crippen LogP contribution in [0.25, 0.3) is 0 Å². The number of nitrogens with two attached hydrogens (primary N) is 1. The van der Waals surface area contributed by atoms with E-state index in [0.717, 1.165) is 0 Å². The molecule has 0 fully saturated rings. The summed E-state index contributed by atoms with van der Waals surface area (Å²) >= 11 is 5.77. The summed E-state index contributed by atoms with van der Waals surface area (Å²) in [6, 6.07) is 4.67. The summed E-state index contributed by atoms with van der Waals surface area (Å²) in [6.45, 7) is 2.08. The molecule has 2 N–H and O–H groups in total. The van der Waals surface area contributed by atoms with E-state index in [0.29, 0.717) is 17.3 Å². The fourth-order valence-corrected chi connectivity index (χ4v) is 1.39. The number of hydrogen-bond donors (Lipinski definition) is 1. The highest BCUT2D eigenvalue weighted by Crippen LogP contribution is 2.19. The maximum absolute atomic E-state index is 11.7. The molecule has 0 radical (unpaired) electrons. The third-order valence-corrected chi connectivity index (χ3v) is 2.18. The molecule has 5 heteroatoms. The second-order valence-electron chi connectivity index (χ2n) is 3.40. The second kappa shape index (κ2) is 5.72. The van der Waals surface area contributed by atoms with Crippen molar-refractivity contribution in [1.82, 2.24) is 0 Å². The molecule has 1 aromatic carbocycles. The van der Waals surface area contributed by atoms with E-state index >= 15 is 0 Å². The zero-order valence-corrected chi connectivity index (χ0v) is 9.95. The fourth-order valence-electron chi connectivity index (χ4n) is 1.22. The van der Waals surface area contributed by atoms with Crippen LogP contribution in [0.1, 0.15) is 17.3 Å². The zero-order valence-electron chi connectivity index (χ0n) is 9.20. The largest absolute Gasteiger partial charge is 0.457 e. The lowest BCUT2D eigenvalue weighted by molar-refractivity contribution is 0.0121. The van der Waals surface area contributed by atoms with Gasteiger partial charge in [-0.1, -0.05) is 11.6 Å². The van der Waals surface area contributed by atoms with E-state index in [1.54, 1.807) is 19.1 Å². The molecule has 0 unspecified atom stereocenters. The fraction of sp³-hybridized carbons (Fsp3) is 0.364. The van der Waals surface area contributed by atoms with E-state index in [1.165, 1.54) is 13.2 Å². The third-order valence-electron chi connectivity index (χ3n) is 1.94. The lowest BCUT2D eigenvalue weighted by Crippen LogP contribution is -2.20. The van der Waals surface area contributed by atoms with Crippen molar-refractivity contribution >= 4 is 23.3 Å². The third kappa shape index (κ3) is 3.40. The topological polar surface area (TPSA) is 61.5 Å². The van der Waals surface area contributed by atoms with Crippen LogP contribution in [0.15, 0.2) is 18.2 Å². The maximum atomic E-state index is 11.7. The first kappa shape index (κ1) is 12.8. The van der Waals surface area contributed by atoms with Crippen LogP contribution >= 0.6 is 11.6 Å². The average Bonchev–Trinajstić information content (AvgIpc) is 2.21. The summed E-state index contributed by atoms with van der Waals surface area (Å²) in [7, 11) is 1.54. The van der Waals surface area contributed by atoms with Crippen molar-refractivity contribution in [2.24, 2.45) is 0 Å². The standard InChI is InChI=1S/C11H14ClNO3/c1-7(6-15-2)16-11(14)9-5-8(12)3-4-10(9)13/h3-5,7H,6,13H2,1-2H3/t7-/m1/s1. The number of anilines is 1. The lowest BCUT2D eigenvalue weighted by atomic mass is 10.2. The Hall–Kier alpha value is -1.26. The quantitative estimate of drug-likeness (QED) is 0.650. The number of ether oxygens (including phenoxy) is 2. The summed E-state index contributed by atoms with van der Waals surface area (Å²) in [5.41, 5.74) is 6.27. The molecule has 0 bridgehead atoms. The average molecular weight is 244 g/mol. The number of carbonyl (C=O) groups is 1. The molecule has 4 nitrogen and oxygen atoms in total. The van der Waals surface area contributed by atoms with Gasteiger partial charge in [0, 0.05) is 17.8 Å². The molecular formula is C11H14ClNO3. The van der Waals surface area contributed by atoms with Gasteiger partial charge in [-0.25, -0.2) is 4.79 Å². The minimum Gasteiger partial charge on any atom is -0.457 e. The van der Waals surface area contributed by atoms with Crippen molar-refractivity contribution in [2.45, 2.75) is 13.0 Å². The Bertz CT molecular complexity index is 381. The first-order valence-electron chi connectivity index (χ1n) is 4.79. The van der Waals surface area contributed by atoms with Gasteiger partial charge in [0.25, 0.3) is 0 Å². The molecule has 1 rings (SSSR count). The molecule has 1 atom stereocenters. The second-order valence-corrected chi connectivity index (χ2v) is 3.84. The Morgan fingerprint density at radius 3 is 2.88 bits per heavy atom. The number of hydrogen-bond acceptors (Lipinski definition) is 4. The Kier molecular flexibility index (Phi) is 4.58. The minimum atomic E-state index is -0.496. The SMILES string of the molecule is COC[C@@H](C)OC(=O)c1cc(Cl)ccc1N. The highest BCUT2D eigenvalue weighted by atomic mass is 35.5. The maximum Gasteiger partial charge on any atom is 0.340 e. The molecule has 88 valence electrons. The predicted molar refractivity (Wildman–Crippen MR) is 62.6 cm³/mol. The van der Waals surface area contributed by atoms with Gasteiger partial charge in [0.1, 0.15) is 6.10 Å². The van der Waals surface area contributed by atoms with Crippen LogP contribution in [-0.4, -0.2) is 25.8 Å². The number of nitrogen functional groups attached to an aromatic ring is 1. The normalized spacial score (nSPS) is 12.2. The van der Waals surface area contributed by atoms with Crippen LogP contribution < -0.4 is 5.73 Å². The van der Waals surface area contributed by atoms with Crippen molar-refractivity contribution in [1.29, 1.82) is 0 Å². The predicted octanol–water partition coefficient (Wildman–Crippen LogP) is 2.11. The summed E-state index contributed by atoms with van der Waals surface area (Å²) in [5.74, 6) is -0.496. The molecule has 0 aliphatic carbocycles. The number of carbonyl (C=O) groups excluding carboxylic acids is 1. The molecule has 0 heterocycles. The van der Waals surface area contributed by atoms with Gasteiger partial charge >= 0.3 is 5.97 Å². The van der Waals surface area contributed by atoms with Gasteiger partial charge in [-0.05, 0) is 25.1 Å². The van der Waals surface area contributed by atoms with Crippen molar-refractivity contribution in [3.05, 3.63) is 28.8 Å². The van der Waals surface area contributed by atoms with Gasteiger partial charge in [0.2, 0.25) is 0 Å². The molecule has 1 aromatic rings. The van der Waals surface area contributed by atoms with Crippen molar-refractivity contribution < 1.29 is 14.3 Å². The van der Waals surface area contributed by atoms with Gasteiger partial charge in [-0.15, -0.1) is 0 Å². The van der Waals surface area contributed by atoms with Gasteiger partial charge < -0.3 is 15.2 Å². The van der Waals surface area contributed by atoms with Crippen LogP contribution in [0.4, 0.5) is 5.69 Å². The Balaban J connectivity index is 2.76. The molecule has 0 aliphatic rings. The smallest absolute Gasteiger partial charge is 0.340 e. The molecule has 0 saturated carbocycles. The molecule has 0 saturated heterocycles. The zero-order chi connectivity index (χ0) is 12.1. The summed E-state index contributed by atoms with van der Waals surface area (Å²) in [4.78, 5) is 11.7. The van der Waals surface area contributed by atoms with Crippen molar-refractivity contribution in [2.75, 3.05) is 19.5 Å². The lowest BCUT2D eigenvalue weighted by Gasteiger charge is -2.13. The number of halogens is 1. The van der Waals surface area contributed by atoms with E-state index in [9.17, 15) is 4.79 Å². The van der Waals surface area contributed by atoms with Crippen LogP contribution in [0.3, 0.4) is 0 Å². The van der Waals surface area contributed by atoms with E-state index < -0.39 is 5.97 Å². The van der Waals surface area contributed by atoms with E-state index in [1.807, 2.05) is 0 Å². The van der Waals surface area contributed by atoms with Gasteiger partial charge in [-0.3, -0.25) is 0 Å². The van der Waals surface area contributed by atoms with E-state index in [2.05, 4.69) is 0 Å². The van der Waals surface area contributed by atoms with Crippen LogP contribution in [0.5, 0.6) is 0 Å². The summed E-state index contributed by atoms with van der Waals surface area (Å²) < 4.78 is 9.97. The monoisotopic (exact) mass is 243 g/mol. The van der Waals surface area contributed by atoms with E-state index in [4.69, 9.17) is 26.8 Å². The molecule has 0 aliphatic heterocycles. The highest BCUT2D eigenvalue weighted by molar-refractivity contribution is 6.31. The van der Waals surface area contributed by atoms with Crippen molar-refractivity contribution in [3.8, 4) is 0 Å². The molecule has 0 amide bonds. The number of benzene rings is 1. The molecular weight excluding hydrogens is 230 g/mol. The summed E-state index contributed by atoms with van der Waals surface area (Å²) in [5, 5.41) is 0.445. The molecule has 0 spiro atoms. The Morgan fingerprint density at radius 1 is 1.56 bits per heavy atom.